The summed E-state index contributed by atoms with van der Waals surface area (Å²) in [6.07, 6.45) is 5.09. The summed E-state index contributed by atoms with van der Waals surface area (Å²) in [4.78, 5) is 38.0. The standard InChI is InChI=1S/C19H22N2O3/c1-11(16-9-12-6-7-13(16)8-12)20-17(22)10-21-18(23)14-4-2-3-5-15(14)19(21)24/h2-5,11-13,16H,6-10H2,1H3,(H,20,22)/t11-,12+,13+,16-/m1/s1. The molecule has 2 bridgehead atoms. The largest absolute Gasteiger partial charge is 0.352 e. The number of benzene rings is 1. The molecule has 3 amide bonds. The van der Waals surface area contributed by atoms with E-state index < -0.39 is 0 Å². The third-order valence-corrected chi connectivity index (χ3v) is 6.00. The van der Waals surface area contributed by atoms with Crippen LogP contribution >= 0.6 is 0 Å². The molecule has 0 spiro atoms. The molecular formula is C19H22N2O3. The average Bonchev–Trinajstić information content (AvgIpc) is 3.26. The second kappa shape index (κ2) is 5.72. The first-order valence-corrected chi connectivity index (χ1v) is 8.79. The SMILES string of the molecule is C[C@@H](NC(=O)CN1C(=O)c2ccccc2C1=O)[C@H]1C[C@H]2CC[C@H]1C2. The van der Waals surface area contributed by atoms with Crippen molar-refractivity contribution in [1.29, 1.82) is 0 Å². The Hall–Kier alpha value is -2.17. The minimum absolute atomic E-state index is 0.1000. The molecule has 4 rings (SSSR count). The molecule has 126 valence electrons. The lowest BCUT2D eigenvalue weighted by atomic mass is 9.84. The predicted octanol–water partition coefficient (Wildman–Crippen LogP) is 2.22. The quantitative estimate of drug-likeness (QED) is 0.863. The van der Waals surface area contributed by atoms with E-state index >= 15 is 0 Å². The summed E-state index contributed by atoms with van der Waals surface area (Å²) in [7, 11) is 0. The van der Waals surface area contributed by atoms with E-state index in [1.165, 1.54) is 25.7 Å². The normalized spacial score (nSPS) is 29.0. The molecule has 0 unspecified atom stereocenters. The first-order valence-electron chi connectivity index (χ1n) is 8.79. The average molecular weight is 326 g/mol. The first kappa shape index (κ1) is 15.4. The van der Waals surface area contributed by atoms with E-state index in [1.807, 2.05) is 6.92 Å². The Morgan fingerprint density at radius 3 is 2.38 bits per heavy atom. The van der Waals surface area contributed by atoms with Crippen LogP contribution in [-0.2, 0) is 4.79 Å². The number of amides is 3. The fourth-order valence-electron chi connectivity index (χ4n) is 4.84. The predicted molar refractivity (Wildman–Crippen MR) is 88.4 cm³/mol. The van der Waals surface area contributed by atoms with Crippen molar-refractivity contribution in [2.24, 2.45) is 17.8 Å². The van der Waals surface area contributed by atoms with Crippen LogP contribution in [0.2, 0.25) is 0 Å². The van der Waals surface area contributed by atoms with Crippen molar-refractivity contribution in [2.75, 3.05) is 6.54 Å². The molecule has 2 saturated carbocycles. The Balaban J connectivity index is 1.38. The van der Waals surface area contributed by atoms with Crippen molar-refractivity contribution < 1.29 is 14.4 Å². The number of rotatable bonds is 4. The van der Waals surface area contributed by atoms with E-state index in [0.717, 1.165) is 16.7 Å². The maximum Gasteiger partial charge on any atom is 0.262 e. The molecule has 0 radical (unpaired) electrons. The van der Waals surface area contributed by atoms with Gasteiger partial charge < -0.3 is 5.32 Å². The van der Waals surface area contributed by atoms with Gasteiger partial charge in [-0.1, -0.05) is 18.6 Å². The molecule has 1 aromatic rings. The van der Waals surface area contributed by atoms with Gasteiger partial charge in [-0.15, -0.1) is 0 Å². The summed E-state index contributed by atoms with van der Waals surface area (Å²) in [5.41, 5.74) is 0.771. The smallest absolute Gasteiger partial charge is 0.262 e. The van der Waals surface area contributed by atoms with Gasteiger partial charge in [0.25, 0.3) is 11.8 Å². The number of hydrogen-bond donors (Lipinski definition) is 1. The molecule has 5 nitrogen and oxygen atoms in total. The summed E-state index contributed by atoms with van der Waals surface area (Å²) in [5, 5.41) is 3.02. The van der Waals surface area contributed by atoms with Crippen molar-refractivity contribution in [2.45, 2.75) is 38.6 Å². The van der Waals surface area contributed by atoms with Crippen LogP contribution in [0, 0.1) is 17.8 Å². The highest BCUT2D eigenvalue weighted by Crippen LogP contribution is 2.49. The van der Waals surface area contributed by atoms with Crippen LogP contribution in [-0.4, -0.2) is 35.2 Å². The van der Waals surface area contributed by atoms with Crippen LogP contribution in [0.5, 0.6) is 0 Å². The molecule has 2 fully saturated rings. The van der Waals surface area contributed by atoms with Crippen LogP contribution in [0.25, 0.3) is 0 Å². The number of fused-ring (bicyclic) bond motifs is 3. The number of carbonyl (C=O) groups is 3. The minimum atomic E-state index is -0.377. The fourth-order valence-corrected chi connectivity index (χ4v) is 4.84. The van der Waals surface area contributed by atoms with Crippen molar-refractivity contribution >= 4 is 17.7 Å². The highest BCUT2D eigenvalue weighted by Gasteiger charge is 2.42. The highest BCUT2D eigenvalue weighted by atomic mass is 16.2. The number of nitrogens with zero attached hydrogens (tertiary/aromatic N) is 1. The van der Waals surface area contributed by atoms with Gasteiger partial charge in [0, 0.05) is 6.04 Å². The third-order valence-electron chi connectivity index (χ3n) is 6.00. The monoisotopic (exact) mass is 326 g/mol. The van der Waals surface area contributed by atoms with Gasteiger partial charge in [-0.25, -0.2) is 0 Å². The molecular weight excluding hydrogens is 304 g/mol. The molecule has 4 atom stereocenters. The van der Waals surface area contributed by atoms with Crippen molar-refractivity contribution in [3.8, 4) is 0 Å². The van der Waals surface area contributed by atoms with Crippen molar-refractivity contribution in [3.63, 3.8) is 0 Å². The van der Waals surface area contributed by atoms with Crippen LogP contribution in [0.3, 0.4) is 0 Å². The van der Waals surface area contributed by atoms with E-state index in [4.69, 9.17) is 0 Å². The Morgan fingerprint density at radius 2 is 1.83 bits per heavy atom. The van der Waals surface area contributed by atoms with Crippen molar-refractivity contribution in [1.82, 2.24) is 10.2 Å². The van der Waals surface area contributed by atoms with Crippen LogP contribution in [0.4, 0.5) is 0 Å². The Kier molecular flexibility index (Phi) is 3.66. The fraction of sp³-hybridized carbons (Fsp3) is 0.526. The Labute approximate surface area is 141 Å². The van der Waals surface area contributed by atoms with Gasteiger partial charge in [0.1, 0.15) is 6.54 Å². The number of imide groups is 1. The molecule has 1 aromatic carbocycles. The number of hydrogen-bond acceptors (Lipinski definition) is 3. The number of nitrogens with one attached hydrogen (secondary N) is 1. The van der Waals surface area contributed by atoms with Gasteiger partial charge in [-0.05, 0) is 56.1 Å². The zero-order chi connectivity index (χ0) is 16.8. The Bertz CT molecular complexity index is 679. The van der Waals surface area contributed by atoms with Crippen LogP contribution in [0.1, 0.15) is 53.3 Å². The minimum Gasteiger partial charge on any atom is -0.352 e. The van der Waals surface area contributed by atoms with E-state index in [9.17, 15) is 14.4 Å². The summed E-state index contributed by atoms with van der Waals surface area (Å²) in [6.45, 7) is 1.85. The van der Waals surface area contributed by atoms with E-state index in [2.05, 4.69) is 5.32 Å². The zero-order valence-electron chi connectivity index (χ0n) is 13.8. The Morgan fingerprint density at radius 1 is 1.17 bits per heavy atom. The third kappa shape index (κ3) is 2.43. The van der Waals surface area contributed by atoms with Gasteiger partial charge in [-0.3, -0.25) is 19.3 Å². The molecule has 0 aromatic heterocycles. The number of carbonyl (C=O) groups excluding carboxylic acids is 3. The van der Waals surface area contributed by atoms with E-state index in [-0.39, 0.29) is 30.3 Å². The van der Waals surface area contributed by atoms with Gasteiger partial charge in [0.2, 0.25) is 5.91 Å². The van der Waals surface area contributed by atoms with E-state index in [0.29, 0.717) is 17.0 Å². The first-order chi connectivity index (χ1) is 11.5. The second-order valence-electron chi connectivity index (χ2n) is 7.44. The molecule has 3 aliphatic rings. The molecule has 2 aliphatic carbocycles. The molecule has 0 saturated heterocycles. The van der Waals surface area contributed by atoms with Gasteiger partial charge in [0.15, 0.2) is 0 Å². The van der Waals surface area contributed by atoms with Gasteiger partial charge >= 0.3 is 0 Å². The van der Waals surface area contributed by atoms with Gasteiger partial charge in [0.05, 0.1) is 11.1 Å². The lowest BCUT2D eigenvalue weighted by Crippen LogP contribution is -2.46. The molecule has 1 N–H and O–H groups in total. The lowest BCUT2D eigenvalue weighted by molar-refractivity contribution is -0.122. The summed E-state index contributed by atoms with van der Waals surface area (Å²) in [6, 6.07) is 6.81. The molecule has 5 heteroatoms. The van der Waals surface area contributed by atoms with E-state index in [1.54, 1.807) is 24.3 Å². The summed E-state index contributed by atoms with van der Waals surface area (Å²) in [5.74, 6) is 1.09. The maximum absolute atomic E-state index is 12.4. The molecule has 24 heavy (non-hydrogen) atoms. The summed E-state index contributed by atoms with van der Waals surface area (Å²) < 4.78 is 0. The maximum atomic E-state index is 12.4. The second-order valence-corrected chi connectivity index (χ2v) is 7.44. The lowest BCUT2D eigenvalue weighted by Gasteiger charge is -2.29. The summed E-state index contributed by atoms with van der Waals surface area (Å²) >= 11 is 0. The van der Waals surface area contributed by atoms with Crippen LogP contribution < -0.4 is 5.32 Å². The molecule has 1 heterocycles. The van der Waals surface area contributed by atoms with Gasteiger partial charge in [-0.2, -0.15) is 0 Å². The van der Waals surface area contributed by atoms with Crippen molar-refractivity contribution in [3.05, 3.63) is 35.4 Å². The highest BCUT2D eigenvalue weighted by molar-refractivity contribution is 6.22. The molecule has 1 aliphatic heterocycles. The topological polar surface area (TPSA) is 66.5 Å². The van der Waals surface area contributed by atoms with Crippen LogP contribution in [0.15, 0.2) is 24.3 Å². The zero-order valence-corrected chi connectivity index (χ0v) is 13.8.